The first-order valence-electron chi connectivity index (χ1n) is 17.2. The number of nitrogens with one attached hydrogen (secondary N) is 2. The molecule has 9 nitrogen and oxygen atoms in total. The minimum absolute atomic E-state index is 0.0675. The highest BCUT2D eigenvalue weighted by molar-refractivity contribution is 6.33. The molecule has 2 amide bonds. The third kappa shape index (κ3) is 6.59. The SMILES string of the molecule is CNCC1CCC(C(=O)N2CCC[C@]3(C2)O[C@]3(CCCNC(=O)OC)c2cccc(Cl)c2-c2nc(C(C)C)c3ccccc3n2)CC1. The summed E-state index contributed by atoms with van der Waals surface area (Å²) >= 11 is 7.07. The normalized spacial score (nSPS) is 25.7. The van der Waals surface area contributed by atoms with Gasteiger partial charge in [0.1, 0.15) is 11.2 Å². The second-order valence-electron chi connectivity index (χ2n) is 13.9. The molecule has 3 fully saturated rings. The van der Waals surface area contributed by atoms with Crippen molar-refractivity contribution in [2.24, 2.45) is 11.8 Å². The van der Waals surface area contributed by atoms with Crippen molar-refractivity contribution in [2.75, 3.05) is 40.3 Å². The van der Waals surface area contributed by atoms with Crippen molar-refractivity contribution >= 4 is 34.5 Å². The fourth-order valence-corrected chi connectivity index (χ4v) is 8.41. The minimum Gasteiger partial charge on any atom is -0.453 e. The van der Waals surface area contributed by atoms with E-state index in [1.165, 1.54) is 7.11 Å². The summed E-state index contributed by atoms with van der Waals surface area (Å²) in [4.78, 5) is 38.1. The Kier molecular flexibility index (Phi) is 10.1. The van der Waals surface area contributed by atoms with Gasteiger partial charge in [-0.1, -0.05) is 55.8 Å². The van der Waals surface area contributed by atoms with Gasteiger partial charge in [0.2, 0.25) is 5.91 Å². The maximum absolute atomic E-state index is 14.0. The lowest BCUT2D eigenvalue weighted by molar-refractivity contribution is -0.139. The molecule has 3 aromatic rings. The number of likely N-dealkylation sites (tertiary alicyclic amines) is 1. The predicted molar refractivity (Wildman–Crippen MR) is 184 cm³/mol. The summed E-state index contributed by atoms with van der Waals surface area (Å²) in [7, 11) is 3.36. The van der Waals surface area contributed by atoms with Crippen LogP contribution in [0.4, 0.5) is 4.79 Å². The van der Waals surface area contributed by atoms with Crippen LogP contribution in [0.1, 0.15) is 82.4 Å². The molecule has 0 radical (unpaired) electrons. The molecular formula is C37H48ClN5O4. The zero-order valence-electron chi connectivity index (χ0n) is 28.1. The number of fused-ring (bicyclic) bond motifs is 1. The predicted octanol–water partition coefficient (Wildman–Crippen LogP) is 6.82. The van der Waals surface area contributed by atoms with Gasteiger partial charge < -0.3 is 25.0 Å². The van der Waals surface area contributed by atoms with Crippen molar-refractivity contribution in [1.82, 2.24) is 25.5 Å². The molecule has 252 valence electrons. The van der Waals surface area contributed by atoms with Crippen LogP contribution in [0.5, 0.6) is 0 Å². The molecule has 6 rings (SSSR count). The van der Waals surface area contributed by atoms with E-state index in [4.69, 9.17) is 31.0 Å². The van der Waals surface area contributed by atoms with Crippen molar-refractivity contribution in [3.05, 3.63) is 58.7 Å². The van der Waals surface area contributed by atoms with Crippen LogP contribution in [0.15, 0.2) is 42.5 Å². The maximum Gasteiger partial charge on any atom is 0.406 e. The van der Waals surface area contributed by atoms with Crippen LogP contribution in [-0.4, -0.2) is 72.8 Å². The molecule has 0 unspecified atom stereocenters. The molecule has 2 N–H and O–H groups in total. The van der Waals surface area contributed by atoms with E-state index >= 15 is 0 Å². The number of hydrogen-bond donors (Lipinski definition) is 2. The summed E-state index contributed by atoms with van der Waals surface area (Å²) < 4.78 is 11.8. The van der Waals surface area contributed by atoms with E-state index in [9.17, 15) is 9.59 Å². The molecule has 3 aliphatic rings. The fourth-order valence-electron chi connectivity index (χ4n) is 8.15. The molecule has 10 heteroatoms. The standard InChI is InChI=1S/C37H48ClN5O4/c1-24(2)32-27-10-5-6-13-30(27)41-33(42-32)31-28(11-7-12-29(31)38)37(19-8-20-40-35(45)46-4)36(47-37)18-9-21-43(23-36)34(44)26-16-14-25(15-17-26)22-39-3/h5-7,10-13,24-26,39H,8-9,14-23H2,1-4H3,(H,40,45)/t25?,26?,36-,37-/m1/s1. The highest BCUT2D eigenvalue weighted by Crippen LogP contribution is 2.64. The molecule has 1 aromatic heterocycles. The molecule has 2 aliphatic heterocycles. The molecule has 2 aromatic carbocycles. The Hall–Kier alpha value is -3.27. The number of methoxy groups -OCH3 is 1. The fraction of sp³-hybridized carbons (Fsp3) is 0.568. The number of aromatic nitrogens is 2. The smallest absolute Gasteiger partial charge is 0.406 e. The number of rotatable bonds is 10. The van der Waals surface area contributed by atoms with E-state index in [0.29, 0.717) is 42.7 Å². The number of benzene rings is 2. The summed E-state index contributed by atoms with van der Waals surface area (Å²) in [5, 5.41) is 7.71. The number of epoxide rings is 1. The lowest BCUT2D eigenvalue weighted by atomic mass is 9.76. The Morgan fingerprint density at radius 1 is 1.11 bits per heavy atom. The van der Waals surface area contributed by atoms with Crippen molar-refractivity contribution in [3.63, 3.8) is 0 Å². The summed E-state index contributed by atoms with van der Waals surface area (Å²) in [6.45, 7) is 7.01. The highest BCUT2D eigenvalue weighted by Gasteiger charge is 2.71. The molecule has 2 atom stereocenters. The second kappa shape index (κ2) is 14.1. The molecule has 1 spiro atoms. The average Bonchev–Trinajstić information content (AvgIpc) is 3.70. The molecule has 1 saturated carbocycles. The number of amides is 2. The molecule has 0 bridgehead atoms. The zero-order valence-corrected chi connectivity index (χ0v) is 28.9. The van der Waals surface area contributed by atoms with Gasteiger partial charge >= 0.3 is 6.09 Å². The van der Waals surface area contributed by atoms with Gasteiger partial charge in [-0.15, -0.1) is 0 Å². The van der Waals surface area contributed by atoms with Crippen molar-refractivity contribution in [2.45, 2.75) is 82.3 Å². The molecule has 2 saturated heterocycles. The Morgan fingerprint density at radius 2 is 1.89 bits per heavy atom. The first-order valence-corrected chi connectivity index (χ1v) is 17.6. The Morgan fingerprint density at radius 3 is 2.64 bits per heavy atom. The van der Waals surface area contributed by atoms with Crippen LogP contribution in [0.3, 0.4) is 0 Å². The van der Waals surface area contributed by atoms with Crippen LogP contribution >= 0.6 is 11.6 Å². The monoisotopic (exact) mass is 661 g/mol. The van der Waals surface area contributed by atoms with Crippen LogP contribution < -0.4 is 10.6 Å². The lowest BCUT2D eigenvalue weighted by Crippen LogP contribution is -2.49. The van der Waals surface area contributed by atoms with E-state index in [1.807, 2.05) is 37.4 Å². The summed E-state index contributed by atoms with van der Waals surface area (Å²) in [6, 6.07) is 14.0. The van der Waals surface area contributed by atoms with E-state index in [1.54, 1.807) is 0 Å². The third-order valence-corrected chi connectivity index (χ3v) is 10.8. The number of halogens is 1. The van der Waals surface area contributed by atoms with E-state index in [-0.39, 0.29) is 17.7 Å². The van der Waals surface area contributed by atoms with Crippen molar-refractivity contribution < 1.29 is 19.1 Å². The average molecular weight is 662 g/mol. The van der Waals surface area contributed by atoms with Crippen LogP contribution in [0.2, 0.25) is 5.02 Å². The van der Waals surface area contributed by atoms with Gasteiger partial charge in [0.15, 0.2) is 5.82 Å². The third-order valence-electron chi connectivity index (χ3n) is 10.5. The molecular weight excluding hydrogens is 614 g/mol. The molecule has 1 aliphatic carbocycles. The van der Waals surface area contributed by atoms with Crippen LogP contribution in [-0.2, 0) is 19.9 Å². The topological polar surface area (TPSA) is 109 Å². The quantitative estimate of drug-likeness (QED) is 0.181. The number of ether oxygens (including phenoxy) is 2. The maximum atomic E-state index is 14.0. The zero-order chi connectivity index (χ0) is 33.2. The van der Waals surface area contributed by atoms with Gasteiger partial charge in [0, 0.05) is 30.0 Å². The van der Waals surface area contributed by atoms with Crippen LogP contribution in [0.25, 0.3) is 22.3 Å². The number of piperidine rings is 1. The number of alkyl carbamates (subject to hydrolysis) is 1. The van der Waals surface area contributed by atoms with Crippen LogP contribution in [0, 0.1) is 11.8 Å². The number of carbonyl (C=O) groups is 2. The number of nitrogens with zero attached hydrogens (tertiary/aromatic N) is 3. The second-order valence-corrected chi connectivity index (χ2v) is 14.3. The van der Waals surface area contributed by atoms with Crippen molar-refractivity contribution in [3.8, 4) is 11.4 Å². The van der Waals surface area contributed by atoms with Gasteiger partial charge in [-0.3, -0.25) is 4.79 Å². The summed E-state index contributed by atoms with van der Waals surface area (Å²) in [6.07, 6.45) is 6.57. The largest absolute Gasteiger partial charge is 0.453 e. The minimum atomic E-state index is -0.721. The Balaban J connectivity index is 1.35. The lowest BCUT2D eigenvalue weighted by Gasteiger charge is -2.37. The first kappa shape index (κ1) is 33.6. The van der Waals surface area contributed by atoms with E-state index in [0.717, 1.165) is 79.3 Å². The highest BCUT2D eigenvalue weighted by atomic mass is 35.5. The van der Waals surface area contributed by atoms with E-state index < -0.39 is 17.3 Å². The number of carbonyl (C=O) groups excluding carboxylic acids is 2. The van der Waals surface area contributed by atoms with Crippen molar-refractivity contribution in [1.29, 1.82) is 0 Å². The summed E-state index contributed by atoms with van der Waals surface area (Å²) in [5.74, 6) is 1.73. The first-order chi connectivity index (χ1) is 22.7. The Labute approximate surface area is 283 Å². The van der Waals surface area contributed by atoms with Gasteiger partial charge in [0.05, 0.1) is 29.9 Å². The Bertz CT molecular complexity index is 1610. The van der Waals surface area contributed by atoms with Gasteiger partial charge in [-0.05, 0) is 94.5 Å². The number of hydrogen-bond acceptors (Lipinski definition) is 7. The number of para-hydroxylation sites is 1. The van der Waals surface area contributed by atoms with Gasteiger partial charge in [0.25, 0.3) is 0 Å². The van der Waals surface area contributed by atoms with E-state index in [2.05, 4.69) is 41.5 Å². The van der Waals surface area contributed by atoms with Gasteiger partial charge in [-0.25, -0.2) is 14.8 Å². The molecule has 47 heavy (non-hydrogen) atoms. The summed E-state index contributed by atoms with van der Waals surface area (Å²) in [5.41, 5.74) is 2.27. The molecule has 3 heterocycles. The van der Waals surface area contributed by atoms with Gasteiger partial charge in [-0.2, -0.15) is 0 Å².